The molecule has 0 spiro atoms. The lowest BCUT2D eigenvalue weighted by Gasteiger charge is -2.11. The highest BCUT2D eigenvalue weighted by molar-refractivity contribution is 7.92. The van der Waals surface area contributed by atoms with Gasteiger partial charge in [0, 0.05) is 11.7 Å². The minimum Gasteiger partial charge on any atom is -0.478 e. The SMILES string of the molecule is Cc1ccc(NS(=O)(=O)c2c(C)nn(C(C)C)c2C)cc1C(=O)O. The van der Waals surface area contributed by atoms with Crippen LogP contribution in [0.15, 0.2) is 23.1 Å². The third-order valence-corrected chi connectivity index (χ3v) is 5.37. The number of nitrogens with zero attached hydrogens (tertiary/aromatic N) is 2. The third kappa shape index (κ3) is 3.28. The number of benzene rings is 1. The maximum absolute atomic E-state index is 12.7. The summed E-state index contributed by atoms with van der Waals surface area (Å²) in [5.41, 5.74) is 1.76. The fraction of sp³-hybridized carbons (Fsp3) is 0.375. The molecule has 0 saturated heterocycles. The largest absolute Gasteiger partial charge is 0.478 e. The van der Waals surface area contributed by atoms with Gasteiger partial charge in [-0.1, -0.05) is 6.07 Å². The van der Waals surface area contributed by atoms with Crippen molar-refractivity contribution >= 4 is 21.7 Å². The Bertz CT molecular complexity index is 898. The molecule has 2 rings (SSSR count). The van der Waals surface area contributed by atoms with Crippen molar-refractivity contribution in [1.82, 2.24) is 9.78 Å². The zero-order valence-corrected chi connectivity index (χ0v) is 15.1. The van der Waals surface area contributed by atoms with E-state index < -0.39 is 16.0 Å². The van der Waals surface area contributed by atoms with Crippen LogP contribution in [-0.2, 0) is 10.0 Å². The fourth-order valence-corrected chi connectivity index (χ4v) is 4.11. The number of aromatic carboxylic acids is 1. The Kier molecular flexibility index (Phi) is 4.70. The van der Waals surface area contributed by atoms with Crippen LogP contribution in [0.2, 0.25) is 0 Å². The second kappa shape index (κ2) is 6.27. The minimum absolute atomic E-state index is 0.0330. The summed E-state index contributed by atoms with van der Waals surface area (Å²) in [5.74, 6) is -1.10. The summed E-state index contributed by atoms with van der Waals surface area (Å²) in [6.45, 7) is 8.83. The number of sulfonamides is 1. The topological polar surface area (TPSA) is 101 Å². The van der Waals surface area contributed by atoms with E-state index >= 15 is 0 Å². The Morgan fingerprint density at radius 2 is 1.88 bits per heavy atom. The highest BCUT2D eigenvalue weighted by atomic mass is 32.2. The normalized spacial score (nSPS) is 11.8. The number of aromatic nitrogens is 2. The first kappa shape index (κ1) is 18.0. The molecule has 2 N–H and O–H groups in total. The van der Waals surface area contributed by atoms with Crippen LogP contribution in [0.4, 0.5) is 5.69 Å². The molecule has 1 aromatic heterocycles. The molecule has 0 unspecified atom stereocenters. The van der Waals surface area contributed by atoms with E-state index in [2.05, 4.69) is 9.82 Å². The molecule has 8 heteroatoms. The first-order valence-corrected chi connectivity index (χ1v) is 8.95. The van der Waals surface area contributed by atoms with Gasteiger partial charge < -0.3 is 5.11 Å². The maximum atomic E-state index is 12.7. The predicted molar refractivity (Wildman–Crippen MR) is 91.0 cm³/mol. The van der Waals surface area contributed by atoms with E-state index in [4.69, 9.17) is 5.11 Å². The number of hydrogen-bond donors (Lipinski definition) is 2. The van der Waals surface area contributed by atoms with Crippen molar-refractivity contribution in [3.63, 3.8) is 0 Å². The van der Waals surface area contributed by atoms with Crippen LogP contribution < -0.4 is 4.72 Å². The molecule has 0 aliphatic heterocycles. The van der Waals surface area contributed by atoms with Crippen LogP contribution >= 0.6 is 0 Å². The standard InChI is InChI=1S/C16H21N3O4S/c1-9(2)19-12(5)15(11(4)17-19)24(22,23)18-13-7-6-10(3)14(8-13)16(20)21/h6-9,18H,1-5H3,(H,20,21). The van der Waals surface area contributed by atoms with E-state index in [0.29, 0.717) is 17.0 Å². The van der Waals surface area contributed by atoms with E-state index in [0.717, 1.165) is 0 Å². The van der Waals surface area contributed by atoms with E-state index in [1.807, 2.05) is 13.8 Å². The lowest BCUT2D eigenvalue weighted by atomic mass is 10.1. The van der Waals surface area contributed by atoms with Gasteiger partial charge in [0.15, 0.2) is 0 Å². The summed E-state index contributed by atoms with van der Waals surface area (Å²) >= 11 is 0. The van der Waals surface area contributed by atoms with Crippen LogP contribution in [0.25, 0.3) is 0 Å². The van der Waals surface area contributed by atoms with Gasteiger partial charge in [0.1, 0.15) is 4.90 Å². The predicted octanol–water partition coefficient (Wildman–Crippen LogP) is 2.89. The van der Waals surface area contributed by atoms with Crippen LogP contribution in [-0.4, -0.2) is 29.3 Å². The average Bonchev–Trinajstić information content (AvgIpc) is 2.76. The Labute approximate surface area is 141 Å². The number of carboxylic acid groups (broad SMARTS) is 1. The average molecular weight is 351 g/mol. The van der Waals surface area contributed by atoms with Crippen LogP contribution in [0, 0.1) is 20.8 Å². The van der Waals surface area contributed by atoms with Crippen molar-refractivity contribution in [2.45, 2.75) is 45.6 Å². The highest BCUT2D eigenvalue weighted by Gasteiger charge is 2.25. The molecule has 1 heterocycles. The van der Waals surface area contributed by atoms with Gasteiger partial charge in [-0.3, -0.25) is 9.40 Å². The van der Waals surface area contributed by atoms with Gasteiger partial charge in [-0.05, 0) is 52.3 Å². The second-order valence-electron chi connectivity index (χ2n) is 5.98. The summed E-state index contributed by atoms with van der Waals surface area (Å²) in [4.78, 5) is 11.3. The molecule has 24 heavy (non-hydrogen) atoms. The van der Waals surface area contributed by atoms with Gasteiger partial charge in [0.25, 0.3) is 10.0 Å². The molecular weight excluding hydrogens is 330 g/mol. The van der Waals surface area contributed by atoms with Gasteiger partial charge in [0.2, 0.25) is 0 Å². The van der Waals surface area contributed by atoms with Gasteiger partial charge in [-0.15, -0.1) is 0 Å². The van der Waals surface area contributed by atoms with E-state index in [9.17, 15) is 13.2 Å². The van der Waals surface area contributed by atoms with E-state index in [1.54, 1.807) is 31.5 Å². The molecule has 0 fully saturated rings. The first-order valence-electron chi connectivity index (χ1n) is 7.47. The molecule has 0 atom stereocenters. The zero-order valence-electron chi connectivity index (χ0n) is 14.3. The number of aryl methyl sites for hydroxylation is 2. The molecule has 0 aliphatic rings. The summed E-state index contributed by atoms with van der Waals surface area (Å²) in [5, 5.41) is 13.4. The van der Waals surface area contributed by atoms with Crippen molar-refractivity contribution in [3.05, 3.63) is 40.7 Å². The Morgan fingerprint density at radius 3 is 2.38 bits per heavy atom. The maximum Gasteiger partial charge on any atom is 0.336 e. The third-order valence-electron chi connectivity index (χ3n) is 3.74. The molecule has 7 nitrogen and oxygen atoms in total. The van der Waals surface area contributed by atoms with E-state index in [-0.39, 0.29) is 22.2 Å². The van der Waals surface area contributed by atoms with Crippen molar-refractivity contribution in [3.8, 4) is 0 Å². The van der Waals surface area contributed by atoms with Crippen molar-refractivity contribution in [1.29, 1.82) is 0 Å². The van der Waals surface area contributed by atoms with Crippen molar-refractivity contribution in [2.24, 2.45) is 0 Å². The van der Waals surface area contributed by atoms with Gasteiger partial charge in [-0.25, -0.2) is 13.2 Å². The monoisotopic (exact) mass is 351 g/mol. The van der Waals surface area contributed by atoms with Gasteiger partial charge >= 0.3 is 5.97 Å². The number of anilines is 1. The van der Waals surface area contributed by atoms with Gasteiger partial charge in [-0.2, -0.15) is 5.10 Å². The Balaban J connectivity index is 2.47. The molecule has 0 radical (unpaired) electrons. The number of hydrogen-bond acceptors (Lipinski definition) is 4. The zero-order chi connectivity index (χ0) is 18.2. The highest BCUT2D eigenvalue weighted by Crippen LogP contribution is 2.25. The summed E-state index contributed by atoms with van der Waals surface area (Å²) < 4.78 is 29.6. The molecule has 2 aromatic rings. The molecule has 1 aromatic carbocycles. The summed E-state index contributed by atoms with van der Waals surface area (Å²) in [7, 11) is -3.87. The molecule has 130 valence electrons. The van der Waals surface area contributed by atoms with Crippen LogP contribution in [0.5, 0.6) is 0 Å². The number of carboxylic acids is 1. The van der Waals surface area contributed by atoms with E-state index in [1.165, 1.54) is 12.1 Å². The molecule has 0 amide bonds. The lowest BCUT2D eigenvalue weighted by Crippen LogP contribution is -2.16. The van der Waals surface area contributed by atoms with Crippen molar-refractivity contribution < 1.29 is 18.3 Å². The lowest BCUT2D eigenvalue weighted by molar-refractivity contribution is 0.0696. The Morgan fingerprint density at radius 1 is 1.25 bits per heavy atom. The van der Waals surface area contributed by atoms with Crippen LogP contribution in [0.3, 0.4) is 0 Å². The molecular formula is C16H21N3O4S. The number of nitrogens with one attached hydrogen (secondary N) is 1. The van der Waals surface area contributed by atoms with Crippen molar-refractivity contribution in [2.75, 3.05) is 4.72 Å². The smallest absolute Gasteiger partial charge is 0.336 e. The van der Waals surface area contributed by atoms with Crippen LogP contribution in [0.1, 0.15) is 47.2 Å². The summed E-state index contributed by atoms with van der Waals surface area (Å²) in [6.07, 6.45) is 0. The fourth-order valence-electron chi connectivity index (χ4n) is 2.66. The quantitative estimate of drug-likeness (QED) is 0.862. The number of rotatable bonds is 5. The molecule has 0 bridgehead atoms. The first-order chi connectivity index (χ1) is 11.0. The second-order valence-corrected chi connectivity index (χ2v) is 7.60. The molecule has 0 aliphatic carbocycles. The Hall–Kier alpha value is -2.35. The number of carbonyl (C=O) groups is 1. The minimum atomic E-state index is -3.87. The summed E-state index contributed by atoms with van der Waals surface area (Å²) in [6, 6.07) is 4.45. The van der Waals surface area contributed by atoms with Gasteiger partial charge in [0.05, 0.1) is 17.0 Å². The molecule has 0 saturated carbocycles.